The predicted molar refractivity (Wildman–Crippen MR) is 103 cm³/mol. The molecule has 0 bridgehead atoms. The van der Waals surface area contributed by atoms with E-state index in [1.54, 1.807) is 14.0 Å². The van der Waals surface area contributed by atoms with Gasteiger partial charge in [0.2, 0.25) is 10.0 Å². The number of sulfonamides is 1. The van der Waals surface area contributed by atoms with Crippen LogP contribution < -0.4 is 15.4 Å². The van der Waals surface area contributed by atoms with Gasteiger partial charge in [-0.25, -0.2) is 13.1 Å². The zero-order valence-corrected chi connectivity index (χ0v) is 16.5. The van der Waals surface area contributed by atoms with Crippen molar-refractivity contribution in [1.29, 1.82) is 0 Å². The Balaban J connectivity index is 0.00000441. The maximum atomic E-state index is 11.3. The van der Waals surface area contributed by atoms with E-state index in [0.29, 0.717) is 30.6 Å². The Labute approximate surface area is 154 Å². The molecule has 0 radical (unpaired) electrons. The molecule has 22 heavy (non-hydrogen) atoms. The lowest BCUT2D eigenvalue weighted by Crippen LogP contribution is -2.41. The van der Waals surface area contributed by atoms with Gasteiger partial charge in [0, 0.05) is 31.7 Å². The summed E-state index contributed by atoms with van der Waals surface area (Å²) in [5.41, 5.74) is 1.08. The first-order valence-corrected chi connectivity index (χ1v) is 8.66. The average molecular weight is 461 g/mol. The van der Waals surface area contributed by atoms with E-state index in [-0.39, 0.29) is 29.7 Å². The molecule has 9 heteroatoms. The van der Waals surface area contributed by atoms with E-state index in [4.69, 9.17) is 11.6 Å². The lowest BCUT2D eigenvalue weighted by molar-refractivity contribution is 0.582. The first kappa shape index (κ1) is 21.4. The van der Waals surface area contributed by atoms with Gasteiger partial charge in [0.1, 0.15) is 0 Å². The Morgan fingerprint density at radius 3 is 2.36 bits per heavy atom. The molecular weight excluding hydrogens is 439 g/mol. The quantitative estimate of drug-likeness (QED) is 0.250. The van der Waals surface area contributed by atoms with Gasteiger partial charge in [-0.1, -0.05) is 23.7 Å². The van der Waals surface area contributed by atoms with Crippen molar-refractivity contribution >= 4 is 51.6 Å². The normalized spacial score (nSPS) is 11.7. The van der Waals surface area contributed by atoms with E-state index in [2.05, 4.69) is 20.3 Å². The van der Waals surface area contributed by atoms with Crippen LogP contribution in [0, 0.1) is 0 Å². The van der Waals surface area contributed by atoms with E-state index in [9.17, 15) is 8.42 Å². The van der Waals surface area contributed by atoms with Crippen LogP contribution in [-0.2, 0) is 16.6 Å². The SMILES string of the molecule is CCS(=O)(=O)NCCNC(=NC)NCc1ccc(Cl)cc1.I. The first-order valence-electron chi connectivity index (χ1n) is 6.63. The summed E-state index contributed by atoms with van der Waals surface area (Å²) >= 11 is 5.82. The van der Waals surface area contributed by atoms with Crippen LogP contribution in [0.4, 0.5) is 0 Å². The van der Waals surface area contributed by atoms with E-state index in [0.717, 1.165) is 5.56 Å². The molecule has 0 aliphatic carbocycles. The highest BCUT2D eigenvalue weighted by atomic mass is 127. The van der Waals surface area contributed by atoms with Crippen LogP contribution >= 0.6 is 35.6 Å². The van der Waals surface area contributed by atoms with Crippen molar-refractivity contribution in [1.82, 2.24) is 15.4 Å². The van der Waals surface area contributed by atoms with Gasteiger partial charge in [0.05, 0.1) is 5.75 Å². The van der Waals surface area contributed by atoms with Gasteiger partial charge in [-0.05, 0) is 24.6 Å². The molecule has 0 aliphatic heterocycles. The molecule has 0 amide bonds. The molecule has 1 aromatic rings. The molecule has 0 aliphatic rings. The molecule has 1 aromatic carbocycles. The fourth-order valence-corrected chi connectivity index (χ4v) is 2.24. The molecule has 6 nitrogen and oxygen atoms in total. The van der Waals surface area contributed by atoms with Crippen molar-refractivity contribution < 1.29 is 8.42 Å². The summed E-state index contributed by atoms with van der Waals surface area (Å²) in [6.07, 6.45) is 0. The number of halogens is 2. The van der Waals surface area contributed by atoms with Crippen LogP contribution in [0.3, 0.4) is 0 Å². The summed E-state index contributed by atoms with van der Waals surface area (Å²) < 4.78 is 25.0. The van der Waals surface area contributed by atoms with E-state index >= 15 is 0 Å². The van der Waals surface area contributed by atoms with E-state index in [1.807, 2.05) is 24.3 Å². The molecule has 126 valence electrons. The lowest BCUT2D eigenvalue weighted by atomic mass is 10.2. The number of nitrogens with zero attached hydrogens (tertiary/aromatic N) is 1. The number of hydrogen-bond donors (Lipinski definition) is 3. The van der Waals surface area contributed by atoms with Crippen molar-refractivity contribution in [3.8, 4) is 0 Å². The fourth-order valence-electron chi connectivity index (χ4n) is 1.50. The minimum atomic E-state index is -3.15. The molecule has 0 unspecified atom stereocenters. The molecule has 0 saturated carbocycles. The fraction of sp³-hybridized carbons (Fsp3) is 0.462. The van der Waals surface area contributed by atoms with Crippen molar-refractivity contribution in [2.75, 3.05) is 25.9 Å². The zero-order chi connectivity index (χ0) is 15.7. The second-order valence-electron chi connectivity index (χ2n) is 4.28. The van der Waals surface area contributed by atoms with Crippen LogP contribution in [-0.4, -0.2) is 40.3 Å². The molecule has 0 saturated heterocycles. The van der Waals surface area contributed by atoms with Crippen LogP contribution in [0.1, 0.15) is 12.5 Å². The predicted octanol–water partition coefficient (Wildman–Crippen LogP) is 1.56. The smallest absolute Gasteiger partial charge is 0.211 e. The standard InChI is InChI=1S/C13H21ClN4O2S.HI/c1-3-21(19,20)18-9-8-16-13(15-2)17-10-11-4-6-12(14)7-5-11;/h4-7,18H,3,8-10H2,1-2H3,(H2,15,16,17);1H. The Bertz CT molecular complexity index is 564. The third kappa shape index (κ3) is 8.76. The number of benzene rings is 1. The van der Waals surface area contributed by atoms with Crippen LogP contribution in [0.5, 0.6) is 0 Å². The van der Waals surface area contributed by atoms with E-state index in [1.165, 1.54) is 0 Å². The Morgan fingerprint density at radius 2 is 1.82 bits per heavy atom. The van der Waals surface area contributed by atoms with Gasteiger partial charge < -0.3 is 10.6 Å². The molecule has 0 spiro atoms. The molecule has 0 fully saturated rings. The highest BCUT2D eigenvalue weighted by molar-refractivity contribution is 14.0. The topological polar surface area (TPSA) is 82.6 Å². The summed E-state index contributed by atoms with van der Waals surface area (Å²) in [5.74, 6) is 0.692. The molecule has 0 atom stereocenters. The summed E-state index contributed by atoms with van der Waals surface area (Å²) in [6, 6.07) is 7.51. The third-order valence-corrected chi connectivity index (χ3v) is 4.37. The molecule has 0 aromatic heterocycles. The van der Waals surface area contributed by atoms with Crippen molar-refractivity contribution in [3.05, 3.63) is 34.9 Å². The number of hydrogen-bond acceptors (Lipinski definition) is 3. The highest BCUT2D eigenvalue weighted by Crippen LogP contribution is 2.08. The first-order chi connectivity index (χ1) is 9.96. The van der Waals surface area contributed by atoms with Gasteiger partial charge in [0.25, 0.3) is 0 Å². The third-order valence-electron chi connectivity index (χ3n) is 2.72. The number of guanidine groups is 1. The second kappa shape index (κ2) is 11.0. The van der Waals surface area contributed by atoms with Crippen molar-refractivity contribution in [2.24, 2.45) is 4.99 Å². The number of rotatable bonds is 7. The zero-order valence-electron chi connectivity index (χ0n) is 12.6. The van der Waals surface area contributed by atoms with Gasteiger partial charge in [-0.15, -0.1) is 24.0 Å². The van der Waals surface area contributed by atoms with Gasteiger partial charge in [0.15, 0.2) is 5.96 Å². The van der Waals surface area contributed by atoms with Gasteiger partial charge in [-0.2, -0.15) is 0 Å². The van der Waals surface area contributed by atoms with Crippen LogP contribution in [0.25, 0.3) is 0 Å². The Morgan fingerprint density at radius 1 is 1.18 bits per heavy atom. The number of aliphatic imine (C=N–C) groups is 1. The van der Waals surface area contributed by atoms with Crippen molar-refractivity contribution in [2.45, 2.75) is 13.5 Å². The van der Waals surface area contributed by atoms with Crippen LogP contribution in [0.2, 0.25) is 5.02 Å². The van der Waals surface area contributed by atoms with Gasteiger partial charge >= 0.3 is 0 Å². The second-order valence-corrected chi connectivity index (χ2v) is 6.81. The number of nitrogens with one attached hydrogen (secondary N) is 3. The Hall–Kier alpha value is -0.580. The molecule has 1 rings (SSSR count). The molecular formula is C13H22ClIN4O2S. The lowest BCUT2D eigenvalue weighted by Gasteiger charge is -2.12. The average Bonchev–Trinajstić information content (AvgIpc) is 2.48. The summed E-state index contributed by atoms with van der Waals surface area (Å²) in [7, 11) is -1.49. The summed E-state index contributed by atoms with van der Waals surface area (Å²) in [6.45, 7) is 2.98. The largest absolute Gasteiger partial charge is 0.355 e. The summed E-state index contributed by atoms with van der Waals surface area (Å²) in [5, 5.41) is 6.87. The van der Waals surface area contributed by atoms with E-state index < -0.39 is 10.0 Å². The van der Waals surface area contributed by atoms with Crippen LogP contribution in [0.15, 0.2) is 29.3 Å². The maximum absolute atomic E-state index is 11.3. The molecule has 3 N–H and O–H groups in total. The maximum Gasteiger partial charge on any atom is 0.211 e. The van der Waals surface area contributed by atoms with Crippen molar-refractivity contribution in [3.63, 3.8) is 0 Å². The highest BCUT2D eigenvalue weighted by Gasteiger charge is 2.05. The molecule has 0 heterocycles. The van der Waals surface area contributed by atoms with Gasteiger partial charge in [-0.3, -0.25) is 4.99 Å². The minimum absolute atomic E-state index is 0. The monoisotopic (exact) mass is 460 g/mol. The Kier molecular flexibility index (Phi) is 10.7. The minimum Gasteiger partial charge on any atom is -0.355 e. The summed E-state index contributed by atoms with van der Waals surface area (Å²) in [4.78, 5) is 4.07.